The van der Waals surface area contributed by atoms with Crippen molar-refractivity contribution in [3.8, 4) is 0 Å². The summed E-state index contributed by atoms with van der Waals surface area (Å²) in [4.78, 5) is 12.2. The Morgan fingerprint density at radius 3 is 2.70 bits per heavy atom. The van der Waals surface area contributed by atoms with Gasteiger partial charge in [-0.05, 0) is 50.1 Å². The molecule has 0 radical (unpaired) electrons. The summed E-state index contributed by atoms with van der Waals surface area (Å²) < 4.78 is 5.29. The molecule has 0 aliphatic rings. The van der Waals surface area contributed by atoms with Crippen molar-refractivity contribution in [1.29, 1.82) is 0 Å². The molecule has 2 atom stereocenters. The smallest absolute Gasteiger partial charge is 0.225 e. The van der Waals surface area contributed by atoms with Crippen molar-refractivity contribution in [3.63, 3.8) is 0 Å². The summed E-state index contributed by atoms with van der Waals surface area (Å²) in [5.41, 5.74) is 3.06. The molecular weight excluding hydrogens is 292 g/mol. The number of aliphatic hydroxyl groups excluding tert-OH is 1. The van der Waals surface area contributed by atoms with E-state index in [1.54, 1.807) is 18.4 Å². The van der Waals surface area contributed by atoms with Gasteiger partial charge in [0.25, 0.3) is 0 Å². The van der Waals surface area contributed by atoms with Crippen LogP contribution < -0.4 is 10.6 Å². The number of aryl methyl sites for hydroxylation is 1. The summed E-state index contributed by atoms with van der Waals surface area (Å²) in [7, 11) is 0. The van der Waals surface area contributed by atoms with Gasteiger partial charge in [-0.2, -0.15) is 0 Å². The summed E-state index contributed by atoms with van der Waals surface area (Å²) in [6.45, 7) is 5.83. The molecule has 1 aromatic heterocycles. The van der Waals surface area contributed by atoms with Gasteiger partial charge in [0.2, 0.25) is 5.91 Å². The van der Waals surface area contributed by atoms with Crippen molar-refractivity contribution in [2.24, 2.45) is 0 Å². The van der Waals surface area contributed by atoms with E-state index < -0.39 is 0 Å². The fraction of sp³-hybridized carbons (Fsp3) is 0.389. The van der Waals surface area contributed by atoms with Crippen molar-refractivity contribution in [2.45, 2.75) is 39.3 Å². The Balaban J connectivity index is 1.90. The van der Waals surface area contributed by atoms with Crippen molar-refractivity contribution < 1.29 is 14.3 Å². The van der Waals surface area contributed by atoms with E-state index in [1.165, 1.54) is 0 Å². The molecule has 0 spiro atoms. The van der Waals surface area contributed by atoms with Crippen LogP contribution in [0.5, 0.6) is 0 Å². The standard InChI is InChI=1S/C18H24N2O3/c1-12-6-4-7-15(14(12)3)20-18(22)10-13(2)19-16(11-21)17-8-5-9-23-17/h4-9,13,16,19,21H,10-11H2,1-3H3,(H,20,22). The Bertz CT molecular complexity index is 638. The number of benzene rings is 1. The maximum Gasteiger partial charge on any atom is 0.225 e. The second-order valence-electron chi connectivity index (χ2n) is 5.82. The Morgan fingerprint density at radius 1 is 1.26 bits per heavy atom. The molecule has 23 heavy (non-hydrogen) atoms. The number of nitrogens with one attached hydrogen (secondary N) is 2. The van der Waals surface area contributed by atoms with Gasteiger partial charge < -0.3 is 20.2 Å². The summed E-state index contributed by atoms with van der Waals surface area (Å²) in [6.07, 6.45) is 1.88. The number of amides is 1. The van der Waals surface area contributed by atoms with E-state index in [0.717, 1.165) is 16.8 Å². The average molecular weight is 316 g/mol. The summed E-state index contributed by atoms with van der Waals surface area (Å²) in [5, 5.41) is 15.6. The number of carbonyl (C=O) groups is 1. The molecule has 1 aromatic carbocycles. The first-order valence-corrected chi connectivity index (χ1v) is 7.77. The number of hydrogen-bond acceptors (Lipinski definition) is 4. The Morgan fingerprint density at radius 2 is 2.04 bits per heavy atom. The fourth-order valence-corrected chi connectivity index (χ4v) is 2.48. The number of furan rings is 1. The van der Waals surface area contributed by atoms with E-state index in [1.807, 2.05) is 39.0 Å². The lowest BCUT2D eigenvalue weighted by atomic mass is 10.1. The molecule has 0 saturated carbocycles. The first kappa shape index (κ1) is 17.2. The van der Waals surface area contributed by atoms with Gasteiger partial charge in [0.1, 0.15) is 5.76 Å². The number of carbonyl (C=O) groups excluding carboxylic acids is 1. The van der Waals surface area contributed by atoms with Gasteiger partial charge in [0, 0.05) is 18.2 Å². The third-order valence-electron chi connectivity index (χ3n) is 3.93. The third-order valence-corrected chi connectivity index (χ3v) is 3.93. The van der Waals surface area contributed by atoms with Crippen molar-refractivity contribution in [3.05, 3.63) is 53.5 Å². The number of hydrogen-bond donors (Lipinski definition) is 3. The zero-order valence-corrected chi connectivity index (χ0v) is 13.8. The van der Waals surface area contributed by atoms with Crippen LogP contribution in [0.3, 0.4) is 0 Å². The number of anilines is 1. The quantitative estimate of drug-likeness (QED) is 0.734. The van der Waals surface area contributed by atoms with Crippen LogP contribution in [-0.4, -0.2) is 23.7 Å². The van der Waals surface area contributed by atoms with Gasteiger partial charge in [0.05, 0.1) is 18.9 Å². The summed E-state index contributed by atoms with van der Waals surface area (Å²) >= 11 is 0. The lowest BCUT2D eigenvalue weighted by molar-refractivity contribution is -0.116. The van der Waals surface area contributed by atoms with E-state index in [9.17, 15) is 9.90 Å². The molecule has 3 N–H and O–H groups in total. The molecular formula is C18H24N2O3. The summed E-state index contributed by atoms with van der Waals surface area (Å²) in [6, 6.07) is 9.02. The van der Waals surface area contributed by atoms with Gasteiger partial charge in [-0.15, -0.1) is 0 Å². The van der Waals surface area contributed by atoms with Gasteiger partial charge in [-0.1, -0.05) is 12.1 Å². The van der Waals surface area contributed by atoms with Crippen LogP contribution in [0.1, 0.15) is 36.3 Å². The van der Waals surface area contributed by atoms with Crippen molar-refractivity contribution >= 4 is 11.6 Å². The zero-order chi connectivity index (χ0) is 16.8. The minimum Gasteiger partial charge on any atom is -0.468 e. The molecule has 2 aromatic rings. The highest BCUT2D eigenvalue weighted by molar-refractivity contribution is 5.92. The first-order valence-electron chi connectivity index (χ1n) is 7.77. The van der Waals surface area contributed by atoms with E-state index >= 15 is 0 Å². The lowest BCUT2D eigenvalue weighted by Crippen LogP contribution is -2.35. The predicted octanol–water partition coefficient (Wildman–Crippen LogP) is 2.94. The van der Waals surface area contributed by atoms with Gasteiger partial charge >= 0.3 is 0 Å². The Labute approximate surface area is 136 Å². The molecule has 124 valence electrons. The highest BCUT2D eigenvalue weighted by atomic mass is 16.3. The molecule has 2 unspecified atom stereocenters. The minimum absolute atomic E-state index is 0.0603. The minimum atomic E-state index is -0.312. The topological polar surface area (TPSA) is 74.5 Å². The van der Waals surface area contributed by atoms with Crippen LogP contribution in [0.25, 0.3) is 0 Å². The van der Waals surface area contributed by atoms with Crippen LogP contribution >= 0.6 is 0 Å². The van der Waals surface area contributed by atoms with Gasteiger partial charge in [0.15, 0.2) is 0 Å². The Hall–Kier alpha value is -2.11. The number of rotatable bonds is 7. The highest BCUT2D eigenvalue weighted by Crippen LogP contribution is 2.19. The van der Waals surface area contributed by atoms with Crippen molar-refractivity contribution in [1.82, 2.24) is 5.32 Å². The molecule has 5 heteroatoms. The fourth-order valence-electron chi connectivity index (χ4n) is 2.48. The third kappa shape index (κ3) is 4.68. The maximum absolute atomic E-state index is 12.2. The molecule has 0 fully saturated rings. The largest absolute Gasteiger partial charge is 0.468 e. The van der Waals surface area contributed by atoms with Crippen LogP contribution in [0.4, 0.5) is 5.69 Å². The number of aliphatic hydroxyl groups is 1. The van der Waals surface area contributed by atoms with Crippen LogP contribution in [0.2, 0.25) is 0 Å². The Kier molecular flexibility index (Phi) is 5.96. The molecule has 0 saturated heterocycles. The zero-order valence-electron chi connectivity index (χ0n) is 13.8. The molecule has 1 heterocycles. The van der Waals surface area contributed by atoms with E-state index in [4.69, 9.17) is 4.42 Å². The normalized spacial score (nSPS) is 13.6. The molecule has 5 nitrogen and oxygen atoms in total. The lowest BCUT2D eigenvalue weighted by Gasteiger charge is -2.20. The van der Waals surface area contributed by atoms with Crippen LogP contribution in [-0.2, 0) is 4.79 Å². The highest BCUT2D eigenvalue weighted by Gasteiger charge is 2.18. The van der Waals surface area contributed by atoms with E-state index in [2.05, 4.69) is 10.6 Å². The van der Waals surface area contributed by atoms with E-state index in [0.29, 0.717) is 12.2 Å². The van der Waals surface area contributed by atoms with E-state index in [-0.39, 0.29) is 24.6 Å². The second-order valence-corrected chi connectivity index (χ2v) is 5.82. The predicted molar refractivity (Wildman–Crippen MR) is 90.3 cm³/mol. The average Bonchev–Trinajstić information content (AvgIpc) is 3.03. The van der Waals surface area contributed by atoms with Crippen LogP contribution in [0.15, 0.2) is 41.0 Å². The molecule has 0 bridgehead atoms. The van der Waals surface area contributed by atoms with Gasteiger partial charge in [-0.3, -0.25) is 4.79 Å². The van der Waals surface area contributed by atoms with Crippen LogP contribution in [0, 0.1) is 13.8 Å². The summed E-state index contributed by atoms with van der Waals surface area (Å²) in [5.74, 6) is 0.601. The molecule has 0 aliphatic carbocycles. The SMILES string of the molecule is Cc1cccc(NC(=O)CC(C)NC(CO)c2ccco2)c1C. The molecule has 1 amide bonds. The monoisotopic (exact) mass is 316 g/mol. The molecule has 0 aliphatic heterocycles. The maximum atomic E-state index is 12.2. The van der Waals surface area contributed by atoms with Crippen molar-refractivity contribution in [2.75, 3.05) is 11.9 Å². The second kappa shape index (κ2) is 7.94. The first-order chi connectivity index (χ1) is 11.0. The molecule has 2 rings (SSSR count). The van der Waals surface area contributed by atoms with Gasteiger partial charge in [-0.25, -0.2) is 0 Å².